The van der Waals surface area contributed by atoms with E-state index < -0.39 is 10.9 Å². The molecule has 1 aromatic carbocycles. The van der Waals surface area contributed by atoms with Gasteiger partial charge in [-0.3, -0.25) is 10.1 Å². The second-order valence-corrected chi connectivity index (χ2v) is 4.15. The van der Waals surface area contributed by atoms with Gasteiger partial charge in [0.2, 0.25) is 5.82 Å². The highest BCUT2D eigenvalue weighted by Crippen LogP contribution is 2.23. The van der Waals surface area contributed by atoms with E-state index >= 15 is 0 Å². The Hall–Kier alpha value is -2.96. The van der Waals surface area contributed by atoms with Crippen LogP contribution in [0.4, 0.5) is 11.5 Å². The molecule has 0 amide bonds. The van der Waals surface area contributed by atoms with Crippen molar-refractivity contribution < 1.29 is 14.5 Å². The number of methoxy groups -OCH3 is 1. The van der Waals surface area contributed by atoms with Crippen molar-refractivity contribution in [2.45, 2.75) is 6.54 Å². The number of carbonyl (C=O) groups excluding carboxylic acids is 1. The maximum atomic E-state index is 11.4. The van der Waals surface area contributed by atoms with Crippen molar-refractivity contribution >= 4 is 17.5 Å². The average molecular weight is 287 g/mol. The fourth-order valence-corrected chi connectivity index (χ4v) is 1.73. The lowest BCUT2D eigenvalue weighted by Crippen LogP contribution is -2.10. The maximum Gasteiger partial charge on any atom is 0.356 e. The zero-order valence-electron chi connectivity index (χ0n) is 11.3. The SMILES string of the molecule is COC(=O)c1ccc([N+](=O)[O-])c(NCc2ccccc2)n1. The molecule has 2 rings (SSSR count). The molecule has 7 heteroatoms. The van der Waals surface area contributed by atoms with Crippen LogP contribution in [0.25, 0.3) is 0 Å². The van der Waals surface area contributed by atoms with Gasteiger partial charge in [0.25, 0.3) is 0 Å². The first-order chi connectivity index (χ1) is 10.1. The van der Waals surface area contributed by atoms with Gasteiger partial charge in [-0.1, -0.05) is 30.3 Å². The molecule has 108 valence electrons. The third kappa shape index (κ3) is 3.53. The van der Waals surface area contributed by atoms with Crippen LogP contribution in [0.15, 0.2) is 42.5 Å². The summed E-state index contributed by atoms with van der Waals surface area (Å²) in [4.78, 5) is 25.8. The number of aromatic nitrogens is 1. The largest absolute Gasteiger partial charge is 0.464 e. The second kappa shape index (κ2) is 6.47. The van der Waals surface area contributed by atoms with Gasteiger partial charge in [-0.2, -0.15) is 0 Å². The van der Waals surface area contributed by atoms with E-state index in [2.05, 4.69) is 15.0 Å². The minimum atomic E-state index is -0.646. The number of pyridine rings is 1. The van der Waals surface area contributed by atoms with Crippen molar-refractivity contribution in [1.82, 2.24) is 4.98 Å². The number of nitrogens with zero attached hydrogens (tertiary/aromatic N) is 2. The van der Waals surface area contributed by atoms with Gasteiger partial charge < -0.3 is 10.1 Å². The highest BCUT2D eigenvalue weighted by atomic mass is 16.6. The zero-order valence-corrected chi connectivity index (χ0v) is 11.3. The summed E-state index contributed by atoms with van der Waals surface area (Å²) in [6.45, 7) is 0.360. The maximum absolute atomic E-state index is 11.4. The molecular weight excluding hydrogens is 274 g/mol. The van der Waals surface area contributed by atoms with E-state index in [9.17, 15) is 14.9 Å². The van der Waals surface area contributed by atoms with Crippen molar-refractivity contribution in [2.24, 2.45) is 0 Å². The van der Waals surface area contributed by atoms with Gasteiger partial charge in [0.05, 0.1) is 12.0 Å². The molecule has 1 N–H and O–H groups in total. The molecule has 0 aliphatic rings. The fraction of sp³-hybridized carbons (Fsp3) is 0.143. The standard InChI is InChI=1S/C14H13N3O4/c1-21-14(18)11-7-8-12(17(19)20)13(16-11)15-9-10-5-3-2-4-6-10/h2-8H,9H2,1H3,(H,15,16). The van der Waals surface area contributed by atoms with Crippen molar-refractivity contribution in [3.8, 4) is 0 Å². The Bertz CT molecular complexity index is 659. The van der Waals surface area contributed by atoms with Gasteiger partial charge in [0, 0.05) is 12.6 Å². The van der Waals surface area contributed by atoms with Gasteiger partial charge in [-0.15, -0.1) is 0 Å². The summed E-state index contributed by atoms with van der Waals surface area (Å²) >= 11 is 0. The summed E-state index contributed by atoms with van der Waals surface area (Å²) in [6, 6.07) is 11.9. The summed E-state index contributed by atoms with van der Waals surface area (Å²) in [5, 5.41) is 13.9. The lowest BCUT2D eigenvalue weighted by atomic mass is 10.2. The molecule has 21 heavy (non-hydrogen) atoms. The lowest BCUT2D eigenvalue weighted by molar-refractivity contribution is -0.384. The summed E-state index contributed by atoms with van der Waals surface area (Å²) in [7, 11) is 1.22. The molecule has 0 unspecified atom stereocenters. The summed E-state index contributed by atoms with van der Waals surface area (Å²) < 4.78 is 4.56. The predicted molar refractivity (Wildman–Crippen MR) is 76.0 cm³/mol. The molecule has 0 aliphatic carbocycles. The monoisotopic (exact) mass is 287 g/mol. The molecule has 0 saturated heterocycles. The molecular formula is C14H13N3O4. The smallest absolute Gasteiger partial charge is 0.356 e. The van der Waals surface area contributed by atoms with Crippen LogP contribution >= 0.6 is 0 Å². The molecule has 1 aromatic heterocycles. The van der Waals surface area contributed by atoms with Crippen LogP contribution < -0.4 is 5.32 Å². The van der Waals surface area contributed by atoms with Crippen LogP contribution in [0, 0.1) is 10.1 Å². The second-order valence-electron chi connectivity index (χ2n) is 4.15. The number of anilines is 1. The van der Waals surface area contributed by atoms with Crippen LogP contribution in [0.1, 0.15) is 16.1 Å². The van der Waals surface area contributed by atoms with E-state index in [-0.39, 0.29) is 17.2 Å². The Balaban J connectivity index is 2.26. The number of rotatable bonds is 5. The first-order valence-electron chi connectivity index (χ1n) is 6.13. The number of benzene rings is 1. The van der Waals surface area contributed by atoms with Gasteiger partial charge in [-0.05, 0) is 11.6 Å². The van der Waals surface area contributed by atoms with E-state index in [0.717, 1.165) is 5.56 Å². The number of nitro groups is 1. The first-order valence-corrected chi connectivity index (χ1v) is 6.13. The van der Waals surface area contributed by atoms with Crippen LogP contribution in [-0.2, 0) is 11.3 Å². The third-order valence-corrected chi connectivity index (χ3v) is 2.77. The zero-order chi connectivity index (χ0) is 15.2. The Labute approximate surface area is 120 Å². The van der Waals surface area contributed by atoms with E-state index in [1.54, 1.807) is 0 Å². The highest BCUT2D eigenvalue weighted by Gasteiger charge is 2.18. The molecule has 2 aromatic rings. The number of carbonyl (C=O) groups is 1. The minimum Gasteiger partial charge on any atom is -0.464 e. The Kier molecular flexibility index (Phi) is 4.45. The molecule has 0 fully saturated rings. The summed E-state index contributed by atoms with van der Waals surface area (Å²) in [6.07, 6.45) is 0. The van der Waals surface area contributed by atoms with Gasteiger partial charge in [-0.25, -0.2) is 9.78 Å². The number of hydrogen-bond acceptors (Lipinski definition) is 6. The quantitative estimate of drug-likeness (QED) is 0.515. The number of ether oxygens (including phenoxy) is 1. The molecule has 1 heterocycles. The van der Waals surface area contributed by atoms with Crippen LogP contribution in [0.3, 0.4) is 0 Å². The predicted octanol–water partition coefficient (Wildman–Crippen LogP) is 2.39. The highest BCUT2D eigenvalue weighted by molar-refractivity contribution is 5.88. The number of hydrogen-bond donors (Lipinski definition) is 1. The molecule has 0 radical (unpaired) electrons. The molecule has 7 nitrogen and oxygen atoms in total. The van der Waals surface area contributed by atoms with Gasteiger partial charge in [0.1, 0.15) is 0 Å². The lowest BCUT2D eigenvalue weighted by Gasteiger charge is -2.07. The van der Waals surface area contributed by atoms with E-state index in [4.69, 9.17) is 0 Å². The Morgan fingerprint density at radius 1 is 1.29 bits per heavy atom. The first kappa shape index (κ1) is 14.4. The summed E-state index contributed by atoms with van der Waals surface area (Å²) in [5.74, 6) is -0.612. The molecule has 0 atom stereocenters. The average Bonchev–Trinajstić information content (AvgIpc) is 2.52. The third-order valence-electron chi connectivity index (χ3n) is 2.77. The van der Waals surface area contributed by atoms with Crippen LogP contribution in [0.5, 0.6) is 0 Å². The Morgan fingerprint density at radius 3 is 2.62 bits per heavy atom. The number of nitrogens with one attached hydrogen (secondary N) is 1. The minimum absolute atomic E-state index is 0.0126. The molecule has 0 spiro atoms. The van der Waals surface area contributed by atoms with Crippen molar-refractivity contribution in [2.75, 3.05) is 12.4 Å². The van der Waals surface area contributed by atoms with E-state index in [1.807, 2.05) is 30.3 Å². The molecule has 0 saturated carbocycles. The van der Waals surface area contributed by atoms with Gasteiger partial charge in [0.15, 0.2) is 5.69 Å². The van der Waals surface area contributed by atoms with Crippen molar-refractivity contribution in [3.63, 3.8) is 0 Å². The van der Waals surface area contributed by atoms with Crippen molar-refractivity contribution in [3.05, 3.63) is 63.8 Å². The van der Waals surface area contributed by atoms with E-state index in [1.165, 1.54) is 19.2 Å². The topological polar surface area (TPSA) is 94.4 Å². The van der Waals surface area contributed by atoms with E-state index in [0.29, 0.717) is 6.54 Å². The van der Waals surface area contributed by atoms with Crippen LogP contribution in [-0.4, -0.2) is 23.0 Å². The molecule has 0 aliphatic heterocycles. The molecule has 0 bridgehead atoms. The van der Waals surface area contributed by atoms with Gasteiger partial charge >= 0.3 is 11.7 Å². The van der Waals surface area contributed by atoms with Crippen molar-refractivity contribution in [1.29, 1.82) is 0 Å². The fourth-order valence-electron chi connectivity index (χ4n) is 1.73. The normalized spacial score (nSPS) is 9.95. The number of esters is 1. The Morgan fingerprint density at radius 2 is 2.00 bits per heavy atom. The summed E-state index contributed by atoms with van der Waals surface area (Å²) in [5.41, 5.74) is 0.759. The van der Waals surface area contributed by atoms with Crippen LogP contribution in [0.2, 0.25) is 0 Å².